The molecule has 1 rings (SSSR count). The third-order valence-electron chi connectivity index (χ3n) is 2.89. The SMILES string of the molecule is CCCCN(CC(N)=O)c1cc(C)ccc1C(N)=S. The molecule has 0 unspecified atom stereocenters. The number of hydrogen-bond donors (Lipinski definition) is 2. The minimum Gasteiger partial charge on any atom is -0.389 e. The zero-order valence-electron chi connectivity index (χ0n) is 11.5. The molecule has 0 bridgehead atoms. The molecule has 0 aliphatic carbocycles. The first-order chi connectivity index (χ1) is 8.95. The number of carbonyl (C=O) groups excluding carboxylic acids is 1. The second-order valence-electron chi connectivity index (χ2n) is 4.63. The molecule has 0 heterocycles. The molecule has 1 aromatic carbocycles. The first kappa shape index (κ1) is 15.4. The lowest BCUT2D eigenvalue weighted by Crippen LogP contribution is -2.35. The topological polar surface area (TPSA) is 72.3 Å². The van der Waals surface area contributed by atoms with Crippen molar-refractivity contribution in [2.45, 2.75) is 26.7 Å². The molecule has 0 aromatic heterocycles. The molecule has 4 N–H and O–H groups in total. The summed E-state index contributed by atoms with van der Waals surface area (Å²) in [6, 6.07) is 5.85. The van der Waals surface area contributed by atoms with Gasteiger partial charge in [0.1, 0.15) is 4.99 Å². The molecule has 0 atom stereocenters. The van der Waals surface area contributed by atoms with E-state index >= 15 is 0 Å². The van der Waals surface area contributed by atoms with Crippen LogP contribution in [0.5, 0.6) is 0 Å². The van der Waals surface area contributed by atoms with E-state index in [2.05, 4.69) is 6.92 Å². The highest BCUT2D eigenvalue weighted by atomic mass is 32.1. The standard InChI is InChI=1S/C14H21N3OS/c1-3-4-7-17(9-13(15)18)12-8-10(2)5-6-11(12)14(16)19/h5-6,8H,3-4,7,9H2,1-2H3,(H2,15,18)(H2,16,19). The van der Waals surface area contributed by atoms with Gasteiger partial charge in [0.2, 0.25) is 5.91 Å². The van der Waals surface area contributed by atoms with Gasteiger partial charge in [0.15, 0.2) is 0 Å². The molecule has 104 valence electrons. The van der Waals surface area contributed by atoms with Gasteiger partial charge >= 0.3 is 0 Å². The lowest BCUT2D eigenvalue weighted by atomic mass is 10.1. The molecule has 4 nitrogen and oxygen atoms in total. The number of thiocarbonyl (C=S) groups is 1. The molecule has 0 saturated carbocycles. The van der Waals surface area contributed by atoms with Crippen LogP contribution in [0.3, 0.4) is 0 Å². The summed E-state index contributed by atoms with van der Waals surface area (Å²) < 4.78 is 0. The number of benzene rings is 1. The van der Waals surface area contributed by atoms with Crippen molar-refractivity contribution < 1.29 is 4.79 Å². The Hall–Kier alpha value is -1.62. The number of unbranched alkanes of at least 4 members (excludes halogenated alkanes) is 1. The molecule has 0 spiro atoms. The zero-order chi connectivity index (χ0) is 14.4. The van der Waals surface area contributed by atoms with Gasteiger partial charge in [-0.15, -0.1) is 0 Å². The van der Waals surface area contributed by atoms with Crippen LogP contribution < -0.4 is 16.4 Å². The predicted molar refractivity (Wildman–Crippen MR) is 83.4 cm³/mol. The van der Waals surface area contributed by atoms with E-state index in [1.165, 1.54) is 0 Å². The second kappa shape index (κ2) is 7.09. The number of nitrogens with two attached hydrogens (primary N) is 2. The number of primary amides is 1. The van der Waals surface area contributed by atoms with Gasteiger partial charge in [-0.3, -0.25) is 4.79 Å². The summed E-state index contributed by atoms with van der Waals surface area (Å²) in [7, 11) is 0. The molecule has 1 aromatic rings. The smallest absolute Gasteiger partial charge is 0.236 e. The third-order valence-corrected chi connectivity index (χ3v) is 3.11. The van der Waals surface area contributed by atoms with Gasteiger partial charge in [0, 0.05) is 17.8 Å². The maximum absolute atomic E-state index is 11.2. The fourth-order valence-corrected chi connectivity index (χ4v) is 2.11. The average Bonchev–Trinajstić information content (AvgIpc) is 2.33. The first-order valence-corrected chi connectivity index (χ1v) is 6.80. The van der Waals surface area contributed by atoms with Gasteiger partial charge in [0.25, 0.3) is 0 Å². The Bertz CT molecular complexity index is 474. The highest BCUT2D eigenvalue weighted by molar-refractivity contribution is 7.80. The van der Waals surface area contributed by atoms with E-state index in [0.29, 0.717) is 4.99 Å². The molecule has 0 aliphatic heterocycles. The highest BCUT2D eigenvalue weighted by Gasteiger charge is 2.14. The van der Waals surface area contributed by atoms with E-state index < -0.39 is 0 Å². The number of amides is 1. The maximum Gasteiger partial charge on any atom is 0.236 e. The van der Waals surface area contributed by atoms with Gasteiger partial charge in [0.05, 0.1) is 6.54 Å². The van der Waals surface area contributed by atoms with Crippen LogP contribution in [0.1, 0.15) is 30.9 Å². The van der Waals surface area contributed by atoms with Crippen LogP contribution in [0.25, 0.3) is 0 Å². The van der Waals surface area contributed by atoms with Crippen molar-refractivity contribution in [1.82, 2.24) is 0 Å². The van der Waals surface area contributed by atoms with Crippen molar-refractivity contribution >= 4 is 28.8 Å². The number of rotatable bonds is 7. The van der Waals surface area contributed by atoms with Crippen molar-refractivity contribution in [2.24, 2.45) is 11.5 Å². The maximum atomic E-state index is 11.2. The van der Waals surface area contributed by atoms with E-state index in [-0.39, 0.29) is 12.5 Å². The second-order valence-corrected chi connectivity index (χ2v) is 5.07. The number of carbonyl (C=O) groups is 1. The predicted octanol–water partition coefficient (Wildman–Crippen LogP) is 1.72. The minimum absolute atomic E-state index is 0.180. The first-order valence-electron chi connectivity index (χ1n) is 6.39. The fraction of sp³-hybridized carbons (Fsp3) is 0.429. The van der Waals surface area contributed by atoms with E-state index in [9.17, 15) is 4.79 Å². The summed E-state index contributed by atoms with van der Waals surface area (Å²) in [5, 5.41) is 0. The number of nitrogens with zero attached hydrogens (tertiary/aromatic N) is 1. The summed E-state index contributed by atoms with van der Waals surface area (Å²) in [5.41, 5.74) is 13.8. The Kier molecular flexibility index (Phi) is 5.76. The third kappa shape index (κ3) is 4.52. The molecular formula is C14H21N3OS. The van der Waals surface area contributed by atoms with Crippen LogP contribution in [0.15, 0.2) is 18.2 Å². The summed E-state index contributed by atoms with van der Waals surface area (Å²) in [6.07, 6.45) is 2.03. The molecule has 0 fully saturated rings. The monoisotopic (exact) mass is 279 g/mol. The Labute approximate surface area is 119 Å². The molecule has 0 aliphatic rings. The Morgan fingerprint density at radius 2 is 2.05 bits per heavy atom. The number of aryl methyl sites for hydroxylation is 1. The van der Waals surface area contributed by atoms with Gasteiger partial charge in [-0.05, 0) is 31.0 Å². The lowest BCUT2D eigenvalue weighted by molar-refractivity contribution is -0.116. The van der Waals surface area contributed by atoms with Crippen LogP contribution in [0, 0.1) is 6.92 Å². The van der Waals surface area contributed by atoms with Gasteiger partial charge in [-0.25, -0.2) is 0 Å². The van der Waals surface area contributed by atoms with Crippen molar-refractivity contribution in [3.8, 4) is 0 Å². The van der Waals surface area contributed by atoms with Crippen LogP contribution in [0.4, 0.5) is 5.69 Å². The summed E-state index contributed by atoms with van der Waals surface area (Å²) in [5.74, 6) is -0.355. The van der Waals surface area contributed by atoms with E-state index in [1.54, 1.807) is 0 Å². The lowest BCUT2D eigenvalue weighted by Gasteiger charge is -2.26. The minimum atomic E-state index is -0.355. The summed E-state index contributed by atoms with van der Waals surface area (Å²) in [6.45, 7) is 5.04. The van der Waals surface area contributed by atoms with E-state index in [0.717, 1.165) is 36.2 Å². The number of anilines is 1. The van der Waals surface area contributed by atoms with Crippen molar-refractivity contribution in [2.75, 3.05) is 18.0 Å². The quantitative estimate of drug-likeness (QED) is 0.745. The fourth-order valence-electron chi connectivity index (χ4n) is 1.93. The Morgan fingerprint density at radius 3 is 2.58 bits per heavy atom. The Morgan fingerprint density at radius 1 is 1.37 bits per heavy atom. The van der Waals surface area contributed by atoms with E-state index in [1.807, 2.05) is 30.0 Å². The van der Waals surface area contributed by atoms with Crippen LogP contribution in [-0.4, -0.2) is 24.0 Å². The number of hydrogen-bond acceptors (Lipinski definition) is 3. The molecule has 5 heteroatoms. The van der Waals surface area contributed by atoms with Crippen molar-refractivity contribution in [3.63, 3.8) is 0 Å². The van der Waals surface area contributed by atoms with Crippen molar-refractivity contribution in [3.05, 3.63) is 29.3 Å². The van der Waals surface area contributed by atoms with E-state index in [4.69, 9.17) is 23.7 Å². The molecule has 19 heavy (non-hydrogen) atoms. The highest BCUT2D eigenvalue weighted by Crippen LogP contribution is 2.22. The average molecular weight is 279 g/mol. The molecule has 0 radical (unpaired) electrons. The largest absolute Gasteiger partial charge is 0.389 e. The van der Waals surface area contributed by atoms with Gasteiger partial charge < -0.3 is 16.4 Å². The normalized spacial score (nSPS) is 10.2. The van der Waals surface area contributed by atoms with Gasteiger partial charge in [-0.1, -0.05) is 31.6 Å². The molecule has 0 saturated heterocycles. The summed E-state index contributed by atoms with van der Waals surface area (Å²) in [4.78, 5) is 13.5. The van der Waals surface area contributed by atoms with Crippen molar-refractivity contribution in [1.29, 1.82) is 0 Å². The van der Waals surface area contributed by atoms with Gasteiger partial charge in [-0.2, -0.15) is 0 Å². The molecular weight excluding hydrogens is 258 g/mol. The van der Waals surface area contributed by atoms with Crippen LogP contribution in [0.2, 0.25) is 0 Å². The summed E-state index contributed by atoms with van der Waals surface area (Å²) >= 11 is 5.07. The molecule has 1 amide bonds. The Balaban J connectivity index is 3.14. The zero-order valence-corrected chi connectivity index (χ0v) is 12.3. The van der Waals surface area contributed by atoms with Crippen LogP contribution >= 0.6 is 12.2 Å². The van der Waals surface area contributed by atoms with Crippen LogP contribution in [-0.2, 0) is 4.79 Å².